The van der Waals surface area contributed by atoms with E-state index in [9.17, 15) is 4.79 Å². The molecule has 1 atom stereocenters. The Balaban J connectivity index is 2.40. The molecule has 1 unspecified atom stereocenters. The molecule has 0 aliphatic heterocycles. The van der Waals surface area contributed by atoms with Crippen molar-refractivity contribution in [3.8, 4) is 5.69 Å². The van der Waals surface area contributed by atoms with Crippen molar-refractivity contribution in [2.45, 2.75) is 19.4 Å². The Morgan fingerprint density at radius 3 is 2.48 bits per heavy atom. The number of fused-ring (bicyclic) bond motifs is 1. The summed E-state index contributed by atoms with van der Waals surface area (Å²) in [6.45, 7) is 1.99. The molecule has 1 aromatic heterocycles. The van der Waals surface area contributed by atoms with Crippen molar-refractivity contribution in [2.75, 3.05) is 0 Å². The Bertz CT molecular complexity index is 824. The van der Waals surface area contributed by atoms with Crippen molar-refractivity contribution in [3.63, 3.8) is 0 Å². The average Bonchev–Trinajstić information content (AvgIpc) is 2.55. The molecule has 0 fully saturated rings. The van der Waals surface area contributed by atoms with Crippen LogP contribution < -0.4 is 11.3 Å². The van der Waals surface area contributed by atoms with Gasteiger partial charge in [0, 0.05) is 0 Å². The van der Waals surface area contributed by atoms with Crippen LogP contribution in [0.5, 0.6) is 0 Å². The van der Waals surface area contributed by atoms with E-state index in [1.54, 1.807) is 10.6 Å². The van der Waals surface area contributed by atoms with Crippen molar-refractivity contribution in [1.82, 2.24) is 9.55 Å². The second kappa shape index (κ2) is 5.50. The van der Waals surface area contributed by atoms with Gasteiger partial charge in [-0.15, -0.1) is 0 Å². The number of hydrogen-bond acceptors (Lipinski definition) is 3. The third-order valence-electron chi connectivity index (χ3n) is 3.59. The fourth-order valence-electron chi connectivity index (χ4n) is 2.41. The summed E-state index contributed by atoms with van der Waals surface area (Å²) in [7, 11) is 0. The third kappa shape index (κ3) is 2.34. The molecule has 0 aliphatic carbocycles. The molecule has 4 nitrogen and oxygen atoms in total. The lowest BCUT2D eigenvalue weighted by Gasteiger charge is -2.17. The Morgan fingerprint density at radius 2 is 1.76 bits per heavy atom. The van der Waals surface area contributed by atoms with Crippen LogP contribution in [-0.4, -0.2) is 9.55 Å². The van der Waals surface area contributed by atoms with Crippen molar-refractivity contribution in [2.24, 2.45) is 5.73 Å². The molecule has 3 aromatic rings. The summed E-state index contributed by atoms with van der Waals surface area (Å²) < 4.78 is 1.62. The first-order valence-corrected chi connectivity index (χ1v) is 7.05. The van der Waals surface area contributed by atoms with E-state index in [0.717, 1.165) is 12.1 Å². The molecule has 106 valence electrons. The van der Waals surface area contributed by atoms with Crippen molar-refractivity contribution < 1.29 is 0 Å². The summed E-state index contributed by atoms with van der Waals surface area (Å²) in [6.07, 6.45) is 0.720. The first-order valence-electron chi connectivity index (χ1n) is 7.05. The molecule has 0 spiro atoms. The second-order valence-corrected chi connectivity index (χ2v) is 4.98. The zero-order valence-electron chi connectivity index (χ0n) is 11.9. The number of aromatic nitrogens is 2. The molecule has 2 N–H and O–H groups in total. The lowest BCUT2D eigenvalue weighted by Crippen LogP contribution is -2.28. The molecule has 1 heterocycles. The van der Waals surface area contributed by atoms with E-state index in [0.29, 0.717) is 16.7 Å². The summed E-state index contributed by atoms with van der Waals surface area (Å²) in [5.74, 6) is 0.604. The van der Waals surface area contributed by atoms with Crippen LogP contribution in [-0.2, 0) is 0 Å². The maximum Gasteiger partial charge on any atom is 0.266 e. The van der Waals surface area contributed by atoms with Gasteiger partial charge in [-0.3, -0.25) is 9.36 Å². The topological polar surface area (TPSA) is 60.9 Å². The van der Waals surface area contributed by atoms with Crippen LogP contribution >= 0.6 is 0 Å². The van der Waals surface area contributed by atoms with Crippen LogP contribution in [0.2, 0.25) is 0 Å². The highest BCUT2D eigenvalue weighted by atomic mass is 16.1. The summed E-state index contributed by atoms with van der Waals surface area (Å²) in [5.41, 5.74) is 7.57. The summed E-state index contributed by atoms with van der Waals surface area (Å²) >= 11 is 0. The van der Waals surface area contributed by atoms with E-state index in [1.807, 2.05) is 55.5 Å². The van der Waals surface area contributed by atoms with Crippen molar-refractivity contribution in [1.29, 1.82) is 0 Å². The highest BCUT2D eigenvalue weighted by molar-refractivity contribution is 5.77. The molecule has 0 saturated heterocycles. The number of nitrogens with zero attached hydrogens (tertiary/aromatic N) is 2. The van der Waals surface area contributed by atoms with Gasteiger partial charge in [0.2, 0.25) is 0 Å². The molecule has 0 saturated carbocycles. The predicted octanol–water partition coefficient (Wildman–Crippen LogP) is 2.80. The van der Waals surface area contributed by atoms with Crippen LogP contribution in [0.15, 0.2) is 59.4 Å². The fraction of sp³-hybridized carbons (Fsp3) is 0.176. The minimum atomic E-state index is -0.275. The minimum Gasteiger partial charge on any atom is -0.321 e. The van der Waals surface area contributed by atoms with Crippen molar-refractivity contribution in [3.05, 3.63) is 70.8 Å². The van der Waals surface area contributed by atoms with Crippen molar-refractivity contribution >= 4 is 10.9 Å². The lowest BCUT2D eigenvalue weighted by atomic mass is 10.1. The van der Waals surface area contributed by atoms with Gasteiger partial charge in [-0.2, -0.15) is 0 Å². The van der Waals surface area contributed by atoms with E-state index in [4.69, 9.17) is 5.73 Å². The molecular weight excluding hydrogens is 262 g/mol. The first kappa shape index (κ1) is 13.5. The molecule has 4 heteroatoms. The normalized spacial score (nSPS) is 12.5. The molecule has 21 heavy (non-hydrogen) atoms. The minimum absolute atomic E-state index is 0.0781. The van der Waals surface area contributed by atoms with Crippen LogP contribution in [0.4, 0.5) is 0 Å². The average molecular weight is 279 g/mol. The molecule has 0 radical (unpaired) electrons. The quantitative estimate of drug-likeness (QED) is 0.802. The van der Waals surface area contributed by atoms with E-state index < -0.39 is 0 Å². The van der Waals surface area contributed by atoms with Gasteiger partial charge in [-0.05, 0) is 30.7 Å². The van der Waals surface area contributed by atoms with Gasteiger partial charge in [0.15, 0.2) is 0 Å². The van der Waals surface area contributed by atoms with E-state index in [2.05, 4.69) is 4.98 Å². The third-order valence-corrected chi connectivity index (χ3v) is 3.59. The maximum absolute atomic E-state index is 12.8. The van der Waals surface area contributed by atoms with Gasteiger partial charge in [0.1, 0.15) is 5.82 Å². The lowest BCUT2D eigenvalue weighted by molar-refractivity contribution is 0.623. The predicted molar refractivity (Wildman–Crippen MR) is 84.6 cm³/mol. The highest BCUT2D eigenvalue weighted by Gasteiger charge is 2.16. The van der Waals surface area contributed by atoms with Gasteiger partial charge in [-0.1, -0.05) is 37.3 Å². The van der Waals surface area contributed by atoms with E-state index in [1.165, 1.54) is 0 Å². The summed E-state index contributed by atoms with van der Waals surface area (Å²) in [4.78, 5) is 17.5. The number of rotatable bonds is 3. The van der Waals surface area contributed by atoms with Gasteiger partial charge >= 0.3 is 0 Å². The summed E-state index contributed by atoms with van der Waals surface area (Å²) in [5, 5.41) is 0.605. The van der Waals surface area contributed by atoms with Gasteiger partial charge in [0.25, 0.3) is 5.56 Å². The zero-order chi connectivity index (χ0) is 14.8. The number of benzene rings is 2. The van der Waals surface area contributed by atoms with Gasteiger partial charge < -0.3 is 5.73 Å². The molecule has 2 aromatic carbocycles. The largest absolute Gasteiger partial charge is 0.321 e. The van der Waals surface area contributed by atoms with Gasteiger partial charge in [-0.25, -0.2) is 4.98 Å². The Hall–Kier alpha value is -2.46. The van der Waals surface area contributed by atoms with E-state index >= 15 is 0 Å². The second-order valence-electron chi connectivity index (χ2n) is 4.98. The Kier molecular flexibility index (Phi) is 3.54. The Morgan fingerprint density at radius 1 is 1.10 bits per heavy atom. The maximum atomic E-state index is 12.8. The number of hydrogen-bond donors (Lipinski definition) is 1. The number of para-hydroxylation sites is 2. The molecular formula is C17H17N3O. The van der Waals surface area contributed by atoms with Crippen LogP contribution in [0, 0.1) is 0 Å². The Labute approximate surface area is 122 Å². The standard InChI is InChI=1S/C17H17N3O/c1-2-14(18)16-19-15-11-7-6-10-13(15)17(21)20(16)12-8-4-3-5-9-12/h3-11,14H,2,18H2,1H3. The van der Waals surface area contributed by atoms with Crippen LogP contribution in [0.3, 0.4) is 0 Å². The van der Waals surface area contributed by atoms with Crippen LogP contribution in [0.25, 0.3) is 16.6 Å². The van der Waals surface area contributed by atoms with E-state index in [-0.39, 0.29) is 11.6 Å². The monoisotopic (exact) mass is 279 g/mol. The summed E-state index contributed by atoms with van der Waals surface area (Å²) in [6, 6.07) is 16.6. The molecule has 0 amide bonds. The highest BCUT2D eigenvalue weighted by Crippen LogP contribution is 2.18. The fourth-order valence-corrected chi connectivity index (χ4v) is 2.41. The molecule has 0 aliphatic rings. The van der Waals surface area contributed by atoms with Crippen LogP contribution in [0.1, 0.15) is 25.2 Å². The molecule has 3 rings (SSSR count). The smallest absolute Gasteiger partial charge is 0.266 e. The first-order chi connectivity index (χ1) is 10.2. The SMILES string of the molecule is CCC(N)c1nc2ccccc2c(=O)n1-c1ccccc1. The zero-order valence-corrected chi connectivity index (χ0v) is 11.9. The van der Waals surface area contributed by atoms with Gasteiger partial charge in [0.05, 0.1) is 22.6 Å². The molecule has 0 bridgehead atoms. The number of nitrogens with two attached hydrogens (primary N) is 1.